The molecule has 0 radical (unpaired) electrons. The van der Waals surface area contributed by atoms with Gasteiger partial charge in [-0.25, -0.2) is 0 Å². The Morgan fingerprint density at radius 3 is 2.63 bits per heavy atom. The molecule has 0 fully saturated rings. The fraction of sp³-hybridized carbons (Fsp3) is 0.257. The summed E-state index contributed by atoms with van der Waals surface area (Å²) in [5.41, 5.74) is 1.52. The molecule has 49 heavy (non-hydrogen) atoms. The number of aromatic nitrogens is 2. The number of rotatable bonds is 14. The Labute approximate surface area is 300 Å². The molecule has 3 aromatic carbocycles. The van der Waals surface area contributed by atoms with Crippen LogP contribution >= 0.6 is 46.3 Å². The van der Waals surface area contributed by atoms with Crippen molar-refractivity contribution in [3.63, 3.8) is 0 Å². The molecule has 6 rings (SSSR count). The number of aliphatic hydroxyl groups is 1. The number of hydrogen-bond donors (Lipinski definition) is 1. The summed E-state index contributed by atoms with van der Waals surface area (Å²) in [4.78, 5) is 29.4. The largest absolute Gasteiger partial charge is 0.503 e. The molecule has 14 heteroatoms. The lowest BCUT2D eigenvalue weighted by molar-refractivity contribution is -0.117. The Morgan fingerprint density at radius 1 is 1.04 bits per heavy atom. The van der Waals surface area contributed by atoms with E-state index in [2.05, 4.69) is 17.1 Å². The zero-order valence-electron chi connectivity index (χ0n) is 26.7. The number of methoxy groups -OCH3 is 1. The number of aliphatic hydroxyl groups excluding tert-OH is 1. The molecule has 1 N–H and O–H groups in total. The molecule has 1 amide bonds. The first-order valence-corrected chi connectivity index (χ1v) is 18.0. The van der Waals surface area contributed by atoms with Crippen molar-refractivity contribution in [2.75, 3.05) is 25.2 Å². The molecule has 0 aliphatic carbocycles. The topological polar surface area (TPSA) is 124 Å². The second kappa shape index (κ2) is 15.1. The Kier molecular flexibility index (Phi) is 10.7. The van der Waals surface area contributed by atoms with E-state index in [4.69, 9.17) is 41.8 Å². The lowest BCUT2D eigenvalue weighted by atomic mass is 9.95. The highest BCUT2D eigenvalue weighted by Crippen LogP contribution is 2.46. The molecule has 3 heterocycles. The number of para-hydroxylation sites is 1. The molecule has 1 unspecified atom stereocenters. The molecule has 0 spiro atoms. The number of amides is 1. The van der Waals surface area contributed by atoms with Crippen LogP contribution in [-0.2, 0) is 10.5 Å². The summed E-state index contributed by atoms with van der Waals surface area (Å²) < 4.78 is 23.8. The van der Waals surface area contributed by atoms with Gasteiger partial charge in [0.15, 0.2) is 38.7 Å². The van der Waals surface area contributed by atoms with Crippen LogP contribution in [-0.4, -0.2) is 47.3 Å². The molecule has 254 valence electrons. The van der Waals surface area contributed by atoms with Crippen molar-refractivity contribution in [2.24, 2.45) is 0 Å². The van der Waals surface area contributed by atoms with Crippen molar-refractivity contribution in [2.45, 2.75) is 42.8 Å². The van der Waals surface area contributed by atoms with Gasteiger partial charge in [-0.05, 0) is 60.9 Å². The van der Waals surface area contributed by atoms with Gasteiger partial charge in [-0.1, -0.05) is 83.9 Å². The summed E-state index contributed by atoms with van der Waals surface area (Å²) in [7, 11) is 1.50. The highest BCUT2D eigenvalue weighted by molar-refractivity contribution is 8.00. The summed E-state index contributed by atoms with van der Waals surface area (Å²) >= 11 is 14.9. The summed E-state index contributed by atoms with van der Waals surface area (Å²) in [6.45, 7) is 4.77. The molecular formula is C35H31Cl2N3O7S2. The first kappa shape index (κ1) is 34.6. The number of Topliss-reactive ketones (excluding diaryl/α,β-unsaturated/α-hetero) is 1. The monoisotopic (exact) mass is 739 g/mol. The Balaban J connectivity index is 1.40. The lowest BCUT2D eigenvalue weighted by Crippen LogP contribution is -2.31. The number of furan rings is 1. The van der Waals surface area contributed by atoms with Crippen molar-refractivity contribution >= 4 is 74.1 Å². The number of ketones is 1. The van der Waals surface area contributed by atoms with Crippen LogP contribution in [0.15, 0.2) is 80.8 Å². The molecule has 2 aromatic heterocycles. The predicted molar refractivity (Wildman–Crippen MR) is 191 cm³/mol. The third-order valence-corrected chi connectivity index (χ3v) is 10.4. The lowest BCUT2D eigenvalue weighted by Gasteiger charge is -2.24. The van der Waals surface area contributed by atoms with Crippen LogP contribution in [0.3, 0.4) is 0 Å². The van der Waals surface area contributed by atoms with Gasteiger partial charge in [0.25, 0.3) is 5.91 Å². The average Bonchev–Trinajstić information content (AvgIpc) is 3.81. The molecule has 1 atom stereocenters. The van der Waals surface area contributed by atoms with Gasteiger partial charge in [0.05, 0.1) is 31.9 Å². The minimum atomic E-state index is -1.10. The third kappa shape index (κ3) is 7.09. The van der Waals surface area contributed by atoms with Gasteiger partial charge in [-0.2, -0.15) is 0 Å². The van der Waals surface area contributed by atoms with Gasteiger partial charge in [0.1, 0.15) is 0 Å². The summed E-state index contributed by atoms with van der Waals surface area (Å²) in [5, 5.41) is 21.8. The number of hydrogen-bond acceptors (Lipinski definition) is 11. The van der Waals surface area contributed by atoms with E-state index in [9.17, 15) is 14.7 Å². The number of nitrogens with zero attached hydrogens (tertiary/aromatic N) is 3. The highest BCUT2D eigenvalue weighted by Gasteiger charge is 2.47. The maximum atomic E-state index is 14.3. The Bertz CT molecular complexity index is 2060. The first-order valence-electron chi connectivity index (χ1n) is 15.4. The highest BCUT2D eigenvalue weighted by atomic mass is 35.5. The normalized spacial score (nSPS) is 14.6. The number of benzene rings is 3. The molecule has 0 saturated carbocycles. The van der Waals surface area contributed by atoms with Crippen molar-refractivity contribution < 1.29 is 33.3 Å². The number of halogens is 2. The summed E-state index contributed by atoms with van der Waals surface area (Å²) in [5.74, 6) is -0.402. The van der Waals surface area contributed by atoms with Gasteiger partial charge in [-0.15, -0.1) is 10.2 Å². The van der Waals surface area contributed by atoms with Gasteiger partial charge >= 0.3 is 0 Å². The van der Waals surface area contributed by atoms with Gasteiger partial charge in [0, 0.05) is 21.2 Å². The summed E-state index contributed by atoms with van der Waals surface area (Å²) in [6.07, 6.45) is 1.82. The van der Waals surface area contributed by atoms with Gasteiger partial charge in [-0.3, -0.25) is 14.5 Å². The second-order valence-electron chi connectivity index (χ2n) is 10.9. The van der Waals surface area contributed by atoms with E-state index in [1.165, 1.54) is 23.8 Å². The average molecular weight is 741 g/mol. The van der Waals surface area contributed by atoms with Crippen LogP contribution in [0.2, 0.25) is 10.0 Å². The van der Waals surface area contributed by atoms with E-state index in [0.717, 1.165) is 29.7 Å². The van der Waals surface area contributed by atoms with Crippen molar-refractivity contribution in [3.8, 4) is 17.2 Å². The number of unbranched alkanes of at least 4 members (excludes halogenated alkanes) is 1. The fourth-order valence-electron chi connectivity index (χ4n) is 5.34. The molecule has 0 saturated heterocycles. The van der Waals surface area contributed by atoms with E-state index < -0.39 is 23.5 Å². The zero-order chi connectivity index (χ0) is 34.7. The SMILES string of the molecule is CCCCOc1ccc(C2C(C(=O)c3cc4cccc(OC)c4o3)=C(O)C(=O)N2c2nnc(SCc3ccc(Cl)cc3Cl)s2)cc1OCC. The number of fused-ring (bicyclic) bond motifs is 1. The van der Waals surface area contributed by atoms with Crippen LogP contribution in [0.1, 0.15) is 54.4 Å². The Morgan fingerprint density at radius 2 is 1.88 bits per heavy atom. The number of carbonyl (C=O) groups excluding carboxylic acids is 2. The van der Waals surface area contributed by atoms with Crippen LogP contribution in [0, 0.1) is 0 Å². The quantitative estimate of drug-likeness (QED) is 0.0510. The molecule has 10 nitrogen and oxygen atoms in total. The molecule has 5 aromatic rings. The molecule has 1 aliphatic rings. The van der Waals surface area contributed by atoms with E-state index in [0.29, 0.717) is 67.1 Å². The smallest absolute Gasteiger partial charge is 0.296 e. The van der Waals surface area contributed by atoms with Gasteiger partial charge < -0.3 is 23.7 Å². The van der Waals surface area contributed by atoms with Crippen LogP contribution in [0.25, 0.3) is 11.0 Å². The Hall–Kier alpha value is -4.23. The number of carbonyl (C=O) groups is 2. The van der Waals surface area contributed by atoms with Crippen LogP contribution < -0.4 is 19.1 Å². The maximum absolute atomic E-state index is 14.3. The van der Waals surface area contributed by atoms with E-state index in [1.54, 1.807) is 54.6 Å². The van der Waals surface area contributed by atoms with E-state index in [1.807, 2.05) is 13.0 Å². The fourth-order valence-corrected chi connectivity index (χ4v) is 7.76. The standard InChI is InChI=1S/C35H31Cl2N3O7S2/c1-4-6-14-46-24-13-11-19(15-26(24)45-5-2)29-28(30(41)27-16-20-8-7-9-25(44-3)32(20)47-27)31(42)33(43)40(29)34-38-39-35(49-34)48-18-21-10-12-22(36)17-23(21)37/h7-13,15-17,29,42H,4-6,14,18H2,1-3H3. The van der Waals surface area contributed by atoms with Gasteiger partial charge in [0.2, 0.25) is 10.9 Å². The minimum Gasteiger partial charge on any atom is -0.503 e. The zero-order valence-corrected chi connectivity index (χ0v) is 29.8. The van der Waals surface area contributed by atoms with Crippen molar-refractivity contribution in [1.82, 2.24) is 10.2 Å². The predicted octanol–water partition coefficient (Wildman–Crippen LogP) is 9.25. The number of ether oxygens (including phenoxy) is 3. The molecular weight excluding hydrogens is 709 g/mol. The van der Waals surface area contributed by atoms with Crippen LogP contribution in [0.4, 0.5) is 5.13 Å². The van der Waals surface area contributed by atoms with Crippen LogP contribution in [0.5, 0.6) is 17.2 Å². The van der Waals surface area contributed by atoms with Crippen molar-refractivity contribution in [3.05, 3.63) is 98.9 Å². The number of anilines is 1. The minimum absolute atomic E-state index is 0.0707. The van der Waals surface area contributed by atoms with E-state index >= 15 is 0 Å². The molecule has 1 aliphatic heterocycles. The summed E-state index contributed by atoms with van der Waals surface area (Å²) in [6, 6.07) is 16.2. The number of thioether (sulfide) groups is 1. The van der Waals surface area contributed by atoms with Crippen molar-refractivity contribution in [1.29, 1.82) is 0 Å². The first-order chi connectivity index (χ1) is 23.7. The molecule has 0 bridgehead atoms. The van der Waals surface area contributed by atoms with E-state index in [-0.39, 0.29) is 16.5 Å². The third-order valence-electron chi connectivity index (χ3n) is 7.71. The maximum Gasteiger partial charge on any atom is 0.296 e. The second-order valence-corrected chi connectivity index (χ2v) is 13.9.